The van der Waals surface area contributed by atoms with Crippen LogP contribution in [0.15, 0.2) is 48.5 Å². The van der Waals surface area contributed by atoms with Crippen molar-refractivity contribution in [3.8, 4) is 11.5 Å². The standard InChI is InChI=1S/C22H26N2O4/c25-14-22(26)23-18-9-11-24(12-10-18)13-16-5-7-17(8-6-16)21-15-27-19-3-1-2-4-20(19)28-21/h1-8,18,21,25H,9-15H2,(H,23,26). The maximum absolute atomic E-state index is 11.3. The number of hydrogen-bond acceptors (Lipinski definition) is 5. The summed E-state index contributed by atoms with van der Waals surface area (Å²) in [7, 11) is 0. The lowest BCUT2D eigenvalue weighted by molar-refractivity contribution is -0.124. The van der Waals surface area contributed by atoms with Gasteiger partial charge in [-0.3, -0.25) is 9.69 Å². The molecule has 1 atom stereocenters. The third-order valence-corrected chi connectivity index (χ3v) is 5.36. The zero-order valence-corrected chi connectivity index (χ0v) is 15.8. The lowest BCUT2D eigenvalue weighted by Crippen LogP contribution is -2.45. The quantitative estimate of drug-likeness (QED) is 0.830. The Morgan fingerprint density at radius 1 is 1.07 bits per heavy atom. The molecule has 2 aromatic rings. The number of ether oxygens (including phenoxy) is 2. The number of fused-ring (bicyclic) bond motifs is 1. The van der Waals surface area contributed by atoms with Crippen molar-refractivity contribution in [3.05, 3.63) is 59.7 Å². The smallest absolute Gasteiger partial charge is 0.245 e. The summed E-state index contributed by atoms with van der Waals surface area (Å²) >= 11 is 0. The van der Waals surface area contributed by atoms with Crippen LogP contribution >= 0.6 is 0 Å². The average Bonchev–Trinajstić information content (AvgIpc) is 2.75. The van der Waals surface area contributed by atoms with E-state index in [4.69, 9.17) is 14.6 Å². The van der Waals surface area contributed by atoms with Gasteiger partial charge in [0.2, 0.25) is 5.91 Å². The van der Waals surface area contributed by atoms with E-state index in [1.807, 2.05) is 24.3 Å². The predicted octanol–water partition coefficient (Wildman–Crippen LogP) is 2.27. The highest BCUT2D eigenvalue weighted by molar-refractivity contribution is 5.77. The number of rotatable bonds is 5. The van der Waals surface area contributed by atoms with Gasteiger partial charge in [-0.1, -0.05) is 36.4 Å². The monoisotopic (exact) mass is 382 g/mol. The number of para-hydroxylation sites is 2. The fourth-order valence-electron chi connectivity index (χ4n) is 3.79. The normalized spacial score (nSPS) is 20.0. The van der Waals surface area contributed by atoms with Crippen molar-refractivity contribution in [2.75, 3.05) is 26.3 Å². The Labute approximate surface area is 165 Å². The number of amides is 1. The Morgan fingerprint density at radius 3 is 2.50 bits per heavy atom. The Bertz CT molecular complexity index is 800. The molecule has 148 valence electrons. The van der Waals surface area contributed by atoms with E-state index in [1.54, 1.807) is 0 Å². The maximum Gasteiger partial charge on any atom is 0.245 e. The van der Waals surface area contributed by atoms with Crippen molar-refractivity contribution < 1.29 is 19.4 Å². The molecule has 2 N–H and O–H groups in total. The number of nitrogens with one attached hydrogen (secondary N) is 1. The van der Waals surface area contributed by atoms with Gasteiger partial charge in [0.1, 0.15) is 13.2 Å². The van der Waals surface area contributed by atoms with Crippen LogP contribution in [0, 0.1) is 0 Å². The van der Waals surface area contributed by atoms with E-state index in [9.17, 15) is 4.79 Å². The van der Waals surface area contributed by atoms with Crippen molar-refractivity contribution >= 4 is 5.91 Å². The van der Waals surface area contributed by atoms with E-state index in [1.165, 1.54) is 5.56 Å². The molecule has 0 radical (unpaired) electrons. The van der Waals surface area contributed by atoms with Crippen LogP contribution in [0.25, 0.3) is 0 Å². The molecule has 1 unspecified atom stereocenters. The van der Waals surface area contributed by atoms with Gasteiger partial charge in [0, 0.05) is 25.7 Å². The fraction of sp³-hybridized carbons (Fsp3) is 0.409. The molecule has 0 aromatic heterocycles. The summed E-state index contributed by atoms with van der Waals surface area (Å²) in [5, 5.41) is 11.7. The van der Waals surface area contributed by atoms with Gasteiger partial charge in [0.05, 0.1) is 0 Å². The summed E-state index contributed by atoms with van der Waals surface area (Å²) in [6.45, 7) is 2.85. The number of carbonyl (C=O) groups is 1. The Kier molecular flexibility index (Phi) is 5.78. The van der Waals surface area contributed by atoms with Crippen molar-refractivity contribution in [2.24, 2.45) is 0 Å². The Morgan fingerprint density at radius 2 is 1.79 bits per heavy atom. The summed E-state index contributed by atoms with van der Waals surface area (Å²) in [5.74, 6) is 1.30. The van der Waals surface area contributed by atoms with Gasteiger partial charge in [-0.15, -0.1) is 0 Å². The van der Waals surface area contributed by atoms with E-state index < -0.39 is 6.61 Å². The predicted molar refractivity (Wildman–Crippen MR) is 105 cm³/mol. The average molecular weight is 382 g/mol. The molecule has 2 heterocycles. The molecule has 0 aliphatic carbocycles. The highest BCUT2D eigenvalue weighted by Gasteiger charge is 2.23. The summed E-state index contributed by atoms with van der Waals surface area (Å²) in [6, 6.07) is 16.5. The van der Waals surface area contributed by atoms with E-state index in [0.717, 1.165) is 49.5 Å². The molecule has 6 heteroatoms. The van der Waals surface area contributed by atoms with Crippen LogP contribution < -0.4 is 14.8 Å². The highest BCUT2D eigenvalue weighted by atomic mass is 16.6. The highest BCUT2D eigenvalue weighted by Crippen LogP contribution is 2.35. The van der Waals surface area contributed by atoms with Gasteiger partial charge in [-0.25, -0.2) is 0 Å². The first kappa shape index (κ1) is 18.8. The number of likely N-dealkylation sites (tertiary alicyclic amines) is 1. The second-order valence-electron chi connectivity index (χ2n) is 7.38. The first-order valence-electron chi connectivity index (χ1n) is 9.81. The van der Waals surface area contributed by atoms with Gasteiger partial charge in [0.25, 0.3) is 0 Å². The zero-order chi connectivity index (χ0) is 19.3. The summed E-state index contributed by atoms with van der Waals surface area (Å²) < 4.78 is 11.9. The lowest BCUT2D eigenvalue weighted by atomic mass is 10.0. The fourth-order valence-corrected chi connectivity index (χ4v) is 3.79. The molecule has 1 saturated heterocycles. The molecule has 28 heavy (non-hydrogen) atoms. The topological polar surface area (TPSA) is 71.0 Å². The molecule has 2 aliphatic heterocycles. The SMILES string of the molecule is O=C(CO)NC1CCN(Cc2ccc(C3COc4ccccc4O3)cc2)CC1. The number of nitrogens with zero attached hydrogens (tertiary/aromatic N) is 1. The second kappa shape index (κ2) is 8.63. The molecule has 2 aromatic carbocycles. The molecule has 2 aliphatic rings. The van der Waals surface area contributed by atoms with Crippen LogP contribution in [0.1, 0.15) is 30.1 Å². The first-order chi connectivity index (χ1) is 13.7. The third-order valence-electron chi connectivity index (χ3n) is 5.36. The lowest BCUT2D eigenvalue weighted by Gasteiger charge is -2.32. The number of hydrogen-bond donors (Lipinski definition) is 2. The van der Waals surface area contributed by atoms with E-state index in [-0.39, 0.29) is 18.1 Å². The molecule has 0 bridgehead atoms. The minimum atomic E-state index is -0.437. The molecule has 6 nitrogen and oxygen atoms in total. The molecule has 0 spiro atoms. The molecule has 1 amide bonds. The van der Waals surface area contributed by atoms with E-state index >= 15 is 0 Å². The van der Waals surface area contributed by atoms with E-state index in [0.29, 0.717) is 6.61 Å². The molecular formula is C22H26N2O4. The number of aliphatic hydroxyl groups excluding tert-OH is 1. The summed E-state index contributed by atoms with van der Waals surface area (Å²) in [4.78, 5) is 13.7. The number of benzene rings is 2. The summed E-state index contributed by atoms with van der Waals surface area (Å²) in [6.07, 6.45) is 1.74. The van der Waals surface area contributed by atoms with Gasteiger partial charge >= 0.3 is 0 Å². The van der Waals surface area contributed by atoms with Crippen LogP contribution in [0.3, 0.4) is 0 Å². The van der Waals surface area contributed by atoms with Gasteiger partial charge in [0.15, 0.2) is 17.6 Å². The van der Waals surface area contributed by atoms with Crippen LogP contribution in [0.5, 0.6) is 11.5 Å². The number of aliphatic hydroxyl groups is 1. The van der Waals surface area contributed by atoms with Gasteiger partial charge < -0.3 is 19.9 Å². The maximum atomic E-state index is 11.3. The first-order valence-corrected chi connectivity index (χ1v) is 9.81. The van der Waals surface area contributed by atoms with Crippen LogP contribution in [0.2, 0.25) is 0 Å². The minimum Gasteiger partial charge on any atom is -0.485 e. The molecule has 4 rings (SSSR count). The summed E-state index contributed by atoms with van der Waals surface area (Å²) in [5.41, 5.74) is 2.38. The van der Waals surface area contributed by atoms with E-state index in [2.05, 4.69) is 34.5 Å². The van der Waals surface area contributed by atoms with Crippen LogP contribution in [-0.2, 0) is 11.3 Å². The van der Waals surface area contributed by atoms with Crippen molar-refractivity contribution in [1.29, 1.82) is 0 Å². The number of carbonyl (C=O) groups excluding carboxylic acids is 1. The number of piperidine rings is 1. The van der Waals surface area contributed by atoms with Gasteiger partial charge in [-0.05, 0) is 36.1 Å². The van der Waals surface area contributed by atoms with Crippen LogP contribution in [0.4, 0.5) is 0 Å². The largest absolute Gasteiger partial charge is 0.485 e. The Balaban J connectivity index is 1.29. The zero-order valence-electron chi connectivity index (χ0n) is 15.8. The molecule has 1 fully saturated rings. The molecule has 0 saturated carbocycles. The van der Waals surface area contributed by atoms with Crippen LogP contribution in [-0.4, -0.2) is 48.3 Å². The molecular weight excluding hydrogens is 356 g/mol. The van der Waals surface area contributed by atoms with Crippen molar-refractivity contribution in [3.63, 3.8) is 0 Å². The second-order valence-corrected chi connectivity index (χ2v) is 7.38. The van der Waals surface area contributed by atoms with Crippen molar-refractivity contribution in [1.82, 2.24) is 10.2 Å². The third kappa shape index (κ3) is 4.46. The Hall–Kier alpha value is -2.57. The van der Waals surface area contributed by atoms with Gasteiger partial charge in [-0.2, -0.15) is 0 Å². The van der Waals surface area contributed by atoms with Crippen molar-refractivity contribution in [2.45, 2.75) is 31.5 Å². The minimum absolute atomic E-state index is 0.0881.